The van der Waals surface area contributed by atoms with Gasteiger partial charge in [0.2, 0.25) is 0 Å². The number of ether oxygens (including phenoxy) is 1. The summed E-state index contributed by atoms with van der Waals surface area (Å²) in [5.74, 6) is 1.49. The second kappa shape index (κ2) is 37.9. The molecule has 0 saturated carbocycles. The third-order valence-corrected chi connectivity index (χ3v) is 5.00. The van der Waals surface area contributed by atoms with E-state index in [1.807, 2.05) is 14.0 Å². The average Bonchev–Trinajstić information content (AvgIpc) is 2.77. The minimum Gasteiger partial charge on any atom is -0.395 e. The maximum Gasteiger partial charge on any atom is 0.0593 e. The lowest BCUT2D eigenvalue weighted by Crippen LogP contribution is -2.23. The molecule has 0 aliphatic rings. The minimum atomic E-state index is 0.274. The molecule has 0 bridgehead atoms. The zero-order chi connectivity index (χ0) is 27.0. The lowest BCUT2D eigenvalue weighted by Gasteiger charge is -2.14. The molecular weight excluding hydrogens is 471 g/mol. The van der Waals surface area contributed by atoms with Crippen LogP contribution < -0.4 is 0 Å². The van der Waals surface area contributed by atoms with Crippen LogP contribution in [0.5, 0.6) is 0 Å². The van der Waals surface area contributed by atoms with E-state index in [9.17, 15) is 0 Å². The Morgan fingerprint density at radius 3 is 1.12 bits per heavy atom. The number of alkyl halides is 2. The molecule has 0 radical (unpaired) electrons. The Hall–Kier alpha value is 0.340. The summed E-state index contributed by atoms with van der Waals surface area (Å²) in [4.78, 5) is 8.86. The van der Waals surface area contributed by atoms with Gasteiger partial charge in [-0.25, -0.2) is 0 Å². The number of aliphatic hydroxyl groups is 1. The summed E-state index contributed by atoms with van der Waals surface area (Å²) >= 11 is 11.0. The van der Waals surface area contributed by atoms with E-state index in [-0.39, 0.29) is 6.61 Å². The molecule has 8 heteroatoms. The van der Waals surface area contributed by atoms with Gasteiger partial charge in [0.15, 0.2) is 0 Å². The number of halogens is 2. The van der Waals surface area contributed by atoms with E-state index in [1.54, 1.807) is 0 Å². The second-order valence-electron chi connectivity index (χ2n) is 8.51. The molecule has 0 aliphatic heterocycles. The first-order valence-corrected chi connectivity index (χ1v) is 14.4. The Morgan fingerprint density at radius 1 is 0.529 bits per heavy atom. The summed E-state index contributed by atoms with van der Waals surface area (Å²) in [6, 6.07) is 0. The lowest BCUT2D eigenvalue weighted by atomic mass is 10.4. The van der Waals surface area contributed by atoms with Crippen LogP contribution in [-0.4, -0.2) is 137 Å². The van der Waals surface area contributed by atoms with Crippen molar-refractivity contribution >= 4 is 23.2 Å². The summed E-state index contributed by atoms with van der Waals surface area (Å²) in [6.45, 7) is 21.1. The highest BCUT2D eigenvalue weighted by atomic mass is 35.5. The number of hydrogen-bond acceptors (Lipinski definition) is 6. The van der Waals surface area contributed by atoms with E-state index in [1.165, 1.54) is 25.8 Å². The Balaban J connectivity index is -0.000000177. The molecular formula is C26H62Cl2N4O2. The zero-order valence-electron chi connectivity index (χ0n) is 24.4. The maximum absolute atomic E-state index is 8.42. The minimum absolute atomic E-state index is 0.274. The molecule has 0 spiro atoms. The molecule has 0 atom stereocenters. The zero-order valence-corrected chi connectivity index (χ0v) is 25.9. The SMILES string of the molecule is CCCN(C)CCCl.CCCN(C)CCCl.CCCN(C)CCO.CCCN(C)CCOCC. The molecule has 0 aromatic carbocycles. The van der Waals surface area contributed by atoms with Gasteiger partial charge in [0, 0.05) is 44.5 Å². The third kappa shape index (κ3) is 45.8. The highest BCUT2D eigenvalue weighted by Crippen LogP contribution is 1.87. The molecule has 0 aliphatic carbocycles. The van der Waals surface area contributed by atoms with Gasteiger partial charge in [-0.15, -0.1) is 23.2 Å². The maximum atomic E-state index is 8.42. The van der Waals surface area contributed by atoms with Crippen molar-refractivity contribution in [2.75, 3.05) is 112 Å². The molecule has 0 aromatic heterocycles. The van der Waals surface area contributed by atoms with Crippen molar-refractivity contribution in [3.8, 4) is 0 Å². The average molecular weight is 534 g/mol. The van der Waals surface area contributed by atoms with Crippen molar-refractivity contribution in [1.29, 1.82) is 0 Å². The third-order valence-electron chi connectivity index (χ3n) is 4.66. The van der Waals surface area contributed by atoms with E-state index in [0.717, 1.165) is 77.2 Å². The van der Waals surface area contributed by atoms with Gasteiger partial charge in [-0.05, 0) is 87.0 Å². The van der Waals surface area contributed by atoms with Crippen LogP contribution in [0.3, 0.4) is 0 Å². The largest absolute Gasteiger partial charge is 0.395 e. The van der Waals surface area contributed by atoms with Gasteiger partial charge in [-0.3, -0.25) is 0 Å². The highest BCUT2D eigenvalue weighted by molar-refractivity contribution is 6.18. The molecule has 0 rings (SSSR count). The van der Waals surface area contributed by atoms with Crippen LogP contribution >= 0.6 is 23.2 Å². The van der Waals surface area contributed by atoms with Crippen LogP contribution in [0.1, 0.15) is 60.3 Å². The van der Waals surface area contributed by atoms with Crippen molar-refractivity contribution in [2.24, 2.45) is 0 Å². The molecule has 1 N–H and O–H groups in total. The summed E-state index contributed by atoms with van der Waals surface area (Å²) in [5.41, 5.74) is 0. The Bertz CT molecular complexity index is 282. The van der Waals surface area contributed by atoms with Gasteiger partial charge < -0.3 is 29.4 Å². The molecule has 0 fully saturated rings. The van der Waals surface area contributed by atoms with Crippen molar-refractivity contribution < 1.29 is 9.84 Å². The summed E-state index contributed by atoms with van der Waals surface area (Å²) < 4.78 is 5.21. The van der Waals surface area contributed by atoms with Crippen LogP contribution in [0.25, 0.3) is 0 Å². The predicted octanol–water partition coefficient (Wildman–Crippen LogP) is 4.82. The van der Waals surface area contributed by atoms with Gasteiger partial charge in [-0.2, -0.15) is 0 Å². The van der Waals surface area contributed by atoms with E-state index < -0.39 is 0 Å². The lowest BCUT2D eigenvalue weighted by molar-refractivity contribution is 0.122. The molecule has 0 amide bonds. The topological polar surface area (TPSA) is 42.4 Å². The van der Waals surface area contributed by atoms with Crippen molar-refractivity contribution in [2.45, 2.75) is 60.3 Å². The first-order valence-electron chi connectivity index (χ1n) is 13.3. The van der Waals surface area contributed by atoms with Crippen LogP contribution in [0.15, 0.2) is 0 Å². The Labute approximate surface area is 224 Å². The number of nitrogens with zero attached hydrogens (tertiary/aromatic N) is 4. The molecule has 6 nitrogen and oxygen atoms in total. The molecule has 0 aromatic rings. The van der Waals surface area contributed by atoms with E-state index in [4.69, 9.17) is 33.0 Å². The van der Waals surface area contributed by atoms with E-state index >= 15 is 0 Å². The monoisotopic (exact) mass is 532 g/mol. The fourth-order valence-electron chi connectivity index (χ4n) is 2.80. The summed E-state index contributed by atoms with van der Waals surface area (Å²) in [6.07, 6.45) is 4.82. The van der Waals surface area contributed by atoms with Gasteiger partial charge in [0.1, 0.15) is 0 Å². The van der Waals surface area contributed by atoms with Gasteiger partial charge in [0.05, 0.1) is 13.2 Å². The molecule has 0 unspecified atom stereocenters. The van der Waals surface area contributed by atoms with Crippen molar-refractivity contribution in [3.05, 3.63) is 0 Å². The van der Waals surface area contributed by atoms with Gasteiger partial charge in [0.25, 0.3) is 0 Å². The van der Waals surface area contributed by atoms with Crippen molar-refractivity contribution in [1.82, 2.24) is 19.6 Å². The fourth-order valence-corrected chi connectivity index (χ4v) is 3.38. The van der Waals surface area contributed by atoms with Crippen LogP contribution in [0.2, 0.25) is 0 Å². The normalized spacial score (nSPS) is 10.6. The second-order valence-corrected chi connectivity index (χ2v) is 9.27. The van der Waals surface area contributed by atoms with E-state index in [0.29, 0.717) is 0 Å². The van der Waals surface area contributed by atoms with Gasteiger partial charge >= 0.3 is 0 Å². The first-order chi connectivity index (χ1) is 16.2. The number of likely N-dealkylation sites (N-methyl/N-ethyl adjacent to an activating group) is 2. The molecule has 0 saturated heterocycles. The van der Waals surface area contributed by atoms with Crippen LogP contribution in [0, 0.1) is 0 Å². The summed E-state index contributed by atoms with van der Waals surface area (Å²) in [5, 5.41) is 8.42. The van der Waals surface area contributed by atoms with Crippen LogP contribution in [0.4, 0.5) is 0 Å². The molecule has 34 heavy (non-hydrogen) atoms. The quantitative estimate of drug-likeness (QED) is 0.201. The predicted molar refractivity (Wildman–Crippen MR) is 156 cm³/mol. The Kier molecular flexibility index (Phi) is 46.2. The molecule has 212 valence electrons. The number of hydrogen-bond donors (Lipinski definition) is 1. The van der Waals surface area contributed by atoms with E-state index in [2.05, 4.69) is 68.4 Å². The van der Waals surface area contributed by atoms with Crippen LogP contribution in [-0.2, 0) is 4.74 Å². The first kappa shape index (κ1) is 41.5. The standard InChI is InChI=1S/C8H19NO.2C6H14ClN.C6H15NO/c1-4-6-9(3)7-8-10-5-2;2*1-3-5-8(2)6-4-7;1-3-4-7(2)5-6-8/h4-8H2,1-3H3;2*3-6H2,1-2H3;8H,3-6H2,1-2H3. The Morgan fingerprint density at radius 2 is 0.853 bits per heavy atom. The number of rotatable bonds is 18. The fraction of sp³-hybridized carbons (Fsp3) is 1.00. The van der Waals surface area contributed by atoms with Gasteiger partial charge in [-0.1, -0.05) is 27.7 Å². The van der Waals surface area contributed by atoms with Crippen molar-refractivity contribution in [3.63, 3.8) is 0 Å². The smallest absolute Gasteiger partial charge is 0.0593 e. The molecule has 0 heterocycles. The summed E-state index contributed by atoms with van der Waals surface area (Å²) in [7, 11) is 8.32. The number of aliphatic hydroxyl groups excluding tert-OH is 1. The highest BCUT2D eigenvalue weighted by Gasteiger charge is 1.94.